The molecule has 37 heavy (non-hydrogen) atoms. The van der Waals surface area contributed by atoms with Gasteiger partial charge in [-0.15, -0.1) is 0 Å². The van der Waals surface area contributed by atoms with Gasteiger partial charge >= 0.3 is 5.97 Å². The number of hydrogen-bond acceptors (Lipinski definition) is 5. The number of nitrogens with zero attached hydrogens (tertiary/aromatic N) is 1. The number of anilines is 1. The standard InChI is InChI=1S/C31H30N2O4/c1-2-22-12-15-25(32-21-22)18-19-37-26-16-13-23(14-17-26)20-29(31(35)36)33-28-11-7-6-10-27(28)30(34)24-8-4-3-5-9-24/h3-17,21,29,33H,2,18-20H2,1H3,(H,35,36). The number of carboxylic acid groups (broad SMARTS) is 1. The van der Waals surface area contributed by atoms with Gasteiger partial charge in [0.15, 0.2) is 5.78 Å². The number of rotatable bonds is 12. The summed E-state index contributed by atoms with van der Waals surface area (Å²) in [5.74, 6) is -0.442. The largest absolute Gasteiger partial charge is 0.493 e. The van der Waals surface area contributed by atoms with Crippen LogP contribution >= 0.6 is 0 Å². The van der Waals surface area contributed by atoms with Gasteiger partial charge in [0.2, 0.25) is 0 Å². The Hall–Kier alpha value is -4.45. The van der Waals surface area contributed by atoms with Crippen LogP contribution in [0.15, 0.2) is 97.2 Å². The highest BCUT2D eigenvalue weighted by molar-refractivity contribution is 6.12. The van der Waals surface area contributed by atoms with Gasteiger partial charge in [-0.3, -0.25) is 9.78 Å². The third-order valence-electron chi connectivity index (χ3n) is 6.12. The fourth-order valence-corrected chi connectivity index (χ4v) is 3.98. The van der Waals surface area contributed by atoms with Crippen molar-refractivity contribution < 1.29 is 19.4 Å². The van der Waals surface area contributed by atoms with Crippen molar-refractivity contribution in [1.82, 2.24) is 4.98 Å². The minimum Gasteiger partial charge on any atom is -0.493 e. The summed E-state index contributed by atoms with van der Waals surface area (Å²) >= 11 is 0. The van der Waals surface area contributed by atoms with Crippen LogP contribution < -0.4 is 10.1 Å². The first-order chi connectivity index (χ1) is 18.0. The van der Waals surface area contributed by atoms with Gasteiger partial charge < -0.3 is 15.2 Å². The summed E-state index contributed by atoms with van der Waals surface area (Å²) in [7, 11) is 0. The molecule has 1 atom stereocenters. The fraction of sp³-hybridized carbons (Fsp3) is 0.194. The molecule has 4 aromatic rings. The molecule has 4 rings (SSSR count). The minimum absolute atomic E-state index is 0.161. The number of carbonyl (C=O) groups excluding carboxylic acids is 1. The lowest BCUT2D eigenvalue weighted by atomic mass is 10.00. The van der Waals surface area contributed by atoms with Gasteiger partial charge in [-0.05, 0) is 47.9 Å². The Morgan fingerprint density at radius 1 is 0.892 bits per heavy atom. The van der Waals surface area contributed by atoms with Crippen LogP contribution in [-0.2, 0) is 24.1 Å². The number of nitrogens with one attached hydrogen (secondary N) is 1. The van der Waals surface area contributed by atoms with Crippen LogP contribution in [0, 0.1) is 0 Å². The predicted molar refractivity (Wildman–Crippen MR) is 144 cm³/mol. The molecule has 188 valence electrons. The molecule has 1 unspecified atom stereocenters. The van der Waals surface area contributed by atoms with Crippen LogP contribution in [-0.4, -0.2) is 34.5 Å². The van der Waals surface area contributed by atoms with Crippen molar-refractivity contribution in [2.24, 2.45) is 0 Å². The van der Waals surface area contributed by atoms with E-state index in [1.54, 1.807) is 48.5 Å². The van der Waals surface area contributed by atoms with Crippen molar-refractivity contribution in [1.29, 1.82) is 0 Å². The summed E-state index contributed by atoms with van der Waals surface area (Å²) in [5.41, 5.74) is 4.51. The van der Waals surface area contributed by atoms with E-state index in [2.05, 4.69) is 23.3 Å². The number of benzene rings is 3. The zero-order valence-electron chi connectivity index (χ0n) is 20.8. The molecule has 1 heterocycles. The number of aromatic nitrogens is 1. The molecule has 6 nitrogen and oxygen atoms in total. The van der Waals surface area contributed by atoms with Gasteiger partial charge in [0.05, 0.1) is 6.61 Å². The van der Waals surface area contributed by atoms with E-state index < -0.39 is 12.0 Å². The third-order valence-corrected chi connectivity index (χ3v) is 6.12. The topological polar surface area (TPSA) is 88.5 Å². The molecule has 6 heteroatoms. The number of pyridine rings is 1. The summed E-state index contributed by atoms with van der Waals surface area (Å²) in [6.07, 6.45) is 3.81. The van der Waals surface area contributed by atoms with Crippen LogP contribution in [0.2, 0.25) is 0 Å². The lowest BCUT2D eigenvalue weighted by Crippen LogP contribution is -2.32. The smallest absolute Gasteiger partial charge is 0.326 e. The fourth-order valence-electron chi connectivity index (χ4n) is 3.98. The molecule has 0 bridgehead atoms. The highest BCUT2D eigenvalue weighted by Crippen LogP contribution is 2.22. The monoisotopic (exact) mass is 494 g/mol. The van der Waals surface area contributed by atoms with Crippen LogP contribution in [0.25, 0.3) is 0 Å². The maximum atomic E-state index is 13.0. The molecule has 0 radical (unpaired) electrons. The van der Waals surface area contributed by atoms with Gasteiger partial charge in [-0.1, -0.05) is 67.6 Å². The van der Waals surface area contributed by atoms with E-state index >= 15 is 0 Å². The zero-order valence-corrected chi connectivity index (χ0v) is 20.8. The summed E-state index contributed by atoms with van der Waals surface area (Å²) in [4.78, 5) is 29.5. The first-order valence-corrected chi connectivity index (χ1v) is 12.4. The van der Waals surface area contributed by atoms with Crippen LogP contribution in [0.3, 0.4) is 0 Å². The van der Waals surface area contributed by atoms with Crippen molar-refractivity contribution in [3.05, 3.63) is 125 Å². The maximum absolute atomic E-state index is 13.0. The molecule has 0 saturated carbocycles. The molecule has 0 aliphatic rings. The van der Waals surface area contributed by atoms with Crippen molar-refractivity contribution in [2.45, 2.75) is 32.2 Å². The molecule has 0 amide bonds. The number of para-hydroxylation sites is 1. The Balaban J connectivity index is 1.37. The molecular formula is C31H30N2O4. The number of carboxylic acids is 1. The van der Waals surface area contributed by atoms with E-state index in [0.717, 1.165) is 17.7 Å². The van der Waals surface area contributed by atoms with E-state index in [-0.39, 0.29) is 12.2 Å². The van der Waals surface area contributed by atoms with E-state index in [1.807, 2.05) is 42.6 Å². The number of carbonyl (C=O) groups is 2. The van der Waals surface area contributed by atoms with Crippen molar-refractivity contribution in [2.75, 3.05) is 11.9 Å². The summed E-state index contributed by atoms with van der Waals surface area (Å²) in [6, 6.07) is 26.5. The SMILES string of the molecule is CCc1ccc(CCOc2ccc(CC(Nc3ccccc3C(=O)c3ccccc3)C(=O)O)cc2)nc1. The van der Waals surface area contributed by atoms with Crippen molar-refractivity contribution >= 4 is 17.4 Å². The Bertz CT molecular complexity index is 1320. The first-order valence-electron chi connectivity index (χ1n) is 12.4. The molecule has 0 saturated heterocycles. The Morgan fingerprint density at radius 2 is 1.59 bits per heavy atom. The quantitative estimate of drug-likeness (QED) is 0.249. The first kappa shape index (κ1) is 25.6. The molecule has 0 spiro atoms. The molecule has 0 fully saturated rings. The van der Waals surface area contributed by atoms with E-state index in [9.17, 15) is 14.7 Å². The predicted octanol–water partition coefficient (Wildman–Crippen LogP) is 5.60. The number of hydrogen-bond donors (Lipinski definition) is 2. The van der Waals surface area contributed by atoms with Gasteiger partial charge in [0, 0.05) is 41.5 Å². The van der Waals surface area contributed by atoms with Gasteiger partial charge in [0.1, 0.15) is 11.8 Å². The number of ketones is 1. The second kappa shape index (κ2) is 12.5. The number of ether oxygens (including phenoxy) is 1. The number of aryl methyl sites for hydroxylation is 1. The molecular weight excluding hydrogens is 464 g/mol. The Kier molecular flexibility index (Phi) is 8.66. The third kappa shape index (κ3) is 7.04. The Labute approximate surface area is 217 Å². The number of aliphatic carboxylic acids is 1. The lowest BCUT2D eigenvalue weighted by Gasteiger charge is -2.18. The van der Waals surface area contributed by atoms with Crippen LogP contribution in [0.4, 0.5) is 5.69 Å². The second-order valence-electron chi connectivity index (χ2n) is 8.73. The average molecular weight is 495 g/mol. The second-order valence-corrected chi connectivity index (χ2v) is 8.73. The van der Waals surface area contributed by atoms with Gasteiger partial charge in [0.25, 0.3) is 0 Å². The van der Waals surface area contributed by atoms with Gasteiger partial charge in [-0.2, -0.15) is 0 Å². The maximum Gasteiger partial charge on any atom is 0.326 e. The van der Waals surface area contributed by atoms with Crippen molar-refractivity contribution in [3.8, 4) is 5.75 Å². The van der Waals surface area contributed by atoms with Crippen LogP contribution in [0.1, 0.15) is 39.7 Å². The highest BCUT2D eigenvalue weighted by atomic mass is 16.5. The molecule has 3 aromatic carbocycles. The molecule has 2 N–H and O–H groups in total. The molecule has 0 aliphatic heterocycles. The minimum atomic E-state index is -0.996. The highest BCUT2D eigenvalue weighted by Gasteiger charge is 2.21. The van der Waals surface area contributed by atoms with E-state index in [4.69, 9.17) is 4.74 Å². The van der Waals surface area contributed by atoms with Gasteiger partial charge in [-0.25, -0.2) is 4.79 Å². The summed E-state index contributed by atoms with van der Waals surface area (Å²) in [5, 5.41) is 12.9. The van der Waals surface area contributed by atoms with E-state index in [0.29, 0.717) is 35.6 Å². The summed E-state index contributed by atoms with van der Waals surface area (Å²) in [6.45, 7) is 2.60. The van der Waals surface area contributed by atoms with Crippen LogP contribution in [0.5, 0.6) is 5.75 Å². The van der Waals surface area contributed by atoms with E-state index in [1.165, 1.54) is 5.56 Å². The average Bonchev–Trinajstić information content (AvgIpc) is 2.94. The Morgan fingerprint density at radius 3 is 2.27 bits per heavy atom. The zero-order chi connectivity index (χ0) is 26.0. The van der Waals surface area contributed by atoms with Crippen molar-refractivity contribution in [3.63, 3.8) is 0 Å². The normalized spacial score (nSPS) is 11.5. The molecule has 1 aromatic heterocycles. The molecule has 0 aliphatic carbocycles. The lowest BCUT2D eigenvalue weighted by molar-refractivity contribution is -0.137. The summed E-state index contributed by atoms with van der Waals surface area (Å²) < 4.78 is 5.84.